The third-order valence-electron chi connectivity index (χ3n) is 5.29. The highest BCUT2D eigenvalue weighted by molar-refractivity contribution is 7.80. The molecule has 38 heavy (non-hydrogen) atoms. The molecule has 214 valence electrons. The summed E-state index contributed by atoms with van der Waals surface area (Å²) in [6.45, 7) is 2.68. The first-order chi connectivity index (χ1) is 18.2. The summed E-state index contributed by atoms with van der Waals surface area (Å²) in [5.41, 5.74) is 1.70. The minimum Gasteiger partial charge on any atom is -0.394 e. The maximum Gasteiger partial charge on any atom is 0.217 e. The Bertz CT molecular complexity index is 882. The zero-order valence-corrected chi connectivity index (χ0v) is 23.0. The molecule has 0 aromatic heterocycles. The average Bonchev–Trinajstić information content (AvgIpc) is 2.89. The molecule has 0 bridgehead atoms. The van der Waals surface area contributed by atoms with E-state index in [1.54, 1.807) is 7.05 Å². The molecule has 1 heterocycles. The smallest absolute Gasteiger partial charge is 0.217 e. The minimum atomic E-state index is -1.36. The van der Waals surface area contributed by atoms with Crippen LogP contribution in [0.2, 0.25) is 0 Å². The number of carbonyl (C=O) groups excluding carboxylic acids is 1. The zero-order chi connectivity index (χ0) is 27.9. The van der Waals surface area contributed by atoms with Gasteiger partial charge in [-0.1, -0.05) is 0 Å². The van der Waals surface area contributed by atoms with Crippen molar-refractivity contribution in [2.75, 3.05) is 63.9 Å². The van der Waals surface area contributed by atoms with Gasteiger partial charge in [0.15, 0.2) is 16.5 Å². The number of nitrogens with one attached hydrogen (secondary N) is 5. The Labute approximate surface area is 232 Å². The minimum absolute atomic E-state index is 0.0996. The standard InChI is InChI=1S/C23H37N5O8S2/c1-14(30)26-18-20(32)19(31)17(13-29)36-21(18)35-12-11-34-10-9-33-8-7-25-23(38)28-16-5-3-15(4-6-16)27-22(37)24-2/h3-6,17-21,29,31-32H,7-13H2,1-2H3,(H,26,30)(H2,24,27,37)(H2,25,28,38)/t17?,18-,19-,20?,21+/m0/s1. The van der Waals surface area contributed by atoms with E-state index >= 15 is 0 Å². The number of ether oxygens (including phenoxy) is 4. The molecule has 15 heteroatoms. The van der Waals surface area contributed by atoms with Crippen molar-refractivity contribution in [1.29, 1.82) is 0 Å². The highest BCUT2D eigenvalue weighted by atomic mass is 32.1. The monoisotopic (exact) mass is 575 g/mol. The number of aliphatic hydroxyl groups is 3. The Morgan fingerprint density at radius 2 is 1.53 bits per heavy atom. The van der Waals surface area contributed by atoms with E-state index in [4.69, 9.17) is 43.4 Å². The van der Waals surface area contributed by atoms with Gasteiger partial charge < -0.3 is 60.9 Å². The van der Waals surface area contributed by atoms with E-state index in [9.17, 15) is 20.1 Å². The average molecular weight is 576 g/mol. The molecule has 1 aliphatic heterocycles. The van der Waals surface area contributed by atoms with E-state index in [0.717, 1.165) is 11.4 Å². The Morgan fingerprint density at radius 3 is 2.11 bits per heavy atom. The molecule has 5 atom stereocenters. The van der Waals surface area contributed by atoms with Crippen LogP contribution in [0.4, 0.5) is 11.4 Å². The van der Waals surface area contributed by atoms with Gasteiger partial charge in [0.1, 0.15) is 24.4 Å². The second kappa shape index (κ2) is 17.4. The number of hydrogen-bond donors (Lipinski definition) is 8. The van der Waals surface area contributed by atoms with Crippen molar-refractivity contribution in [3.05, 3.63) is 24.3 Å². The summed E-state index contributed by atoms with van der Waals surface area (Å²) in [7, 11) is 1.75. The molecule has 0 spiro atoms. The second-order valence-electron chi connectivity index (χ2n) is 8.19. The molecule has 0 radical (unpaired) electrons. The summed E-state index contributed by atoms with van der Waals surface area (Å²) < 4.78 is 22.0. The van der Waals surface area contributed by atoms with Crippen LogP contribution in [0.15, 0.2) is 24.3 Å². The molecule has 8 N–H and O–H groups in total. The SMILES string of the molecule is CNC(=S)Nc1ccc(NC(=S)NCCOCCOCCO[C@@H]2OC(CO)[C@H](O)C(O)[C@@H]2NC(C)=O)cc1. The predicted octanol–water partition coefficient (Wildman–Crippen LogP) is -1.12. The lowest BCUT2D eigenvalue weighted by atomic mass is 9.97. The molecule has 1 aromatic carbocycles. The lowest BCUT2D eigenvalue weighted by Gasteiger charge is -2.42. The van der Waals surface area contributed by atoms with Crippen molar-refractivity contribution in [1.82, 2.24) is 16.0 Å². The van der Waals surface area contributed by atoms with Crippen LogP contribution in [-0.4, -0.2) is 115 Å². The van der Waals surface area contributed by atoms with Crippen LogP contribution in [0, 0.1) is 0 Å². The highest BCUT2D eigenvalue weighted by Crippen LogP contribution is 2.22. The first-order valence-corrected chi connectivity index (χ1v) is 12.9. The van der Waals surface area contributed by atoms with E-state index in [0.29, 0.717) is 36.6 Å². The number of amides is 1. The molecule has 1 saturated heterocycles. The van der Waals surface area contributed by atoms with Crippen molar-refractivity contribution in [2.45, 2.75) is 37.6 Å². The topological polar surface area (TPSA) is 175 Å². The third-order valence-corrected chi connectivity index (χ3v) is 5.84. The quantitative estimate of drug-likeness (QED) is 0.0990. The van der Waals surface area contributed by atoms with Crippen molar-refractivity contribution in [2.24, 2.45) is 0 Å². The van der Waals surface area contributed by atoms with Crippen molar-refractivity contribution < 1.29 is 39.1 Å². The largest absolute Gasteiger partial charge is 0.394 e. The van der Waals surface area contributed by atoms with Crippen molar-refractivity contribution in [3.8, 4) is 0 Å². The van der Waals surface area contributed by atoms with Gasteiger partial charge in [-0.2, -0.15) is 0 Å². The zero-order valence-electron chi connectivity index (χ0n) is 21.3. The number of anilines is 2. The molecular formula is C23H37N5O8S2. The van der Waals surface area contributed by atoms with Gasteiger partial charge in [0.25, 0.3) is 0 Å². The lowest BCUT2D eigenvalue weighted by Crippen LogP contribution is -2.64. The van der Waals surface area contributed by atoms with Crippen LogP contribution in [0.5, 0.6) is 0 Å². The first-order valence-electron chi connectivity index (χ1n) is 12.1. The molecular weight excluding hydrogens is 538 g/mol. The second-order valence-corrected chi connectivity index (χ2v) is 9.01. The molecule has 2 rings (SSSR count). The van der Waals surface area contributed by atoms with Gasteiger partial charge in [-0.25, -0.2) is 0 Å². The fourth-order valence-corrected chi connectivity index (χ4v) is 3.74. The van der Waals surface area contributed by atoms with Gasteiger partial charge in [0, 0.05) is 31.9 Å². The number of thiocarbonyl (C=S) groups is 2. The summed E-state index contributed by atoms with van der Waals surface area (Å²) in [6, 6.07) is 6.53. The Kier molecular flexibility index (Phi) is 14.6. The number of hydrogen-bond acceptors (Lipinski definition) is 10. The van der Waals surface area contributed by atoms with E-state index < -0.39 is 43.2 Å². The van der Waals surface area contributed by atoms with E-state index in [-0.39, 0.29) is 13.2 Å². The normalized spacial score (nSPS) is 22.8. The van der Waals surface area contributed by atoms with Crippen LogP contribution >= 0.6 is 24.4 Å². The molecule has 1 aromatic rings. The third kappa shape index (κ3) is 11.3. The lowest BCUT2D eigenvalue weighted by molar-refractivity contribution is -0.272. The van der Waals surface area contributed by atoms with Crippen LogP contribution in [0.1, 0.15) is 6.92 Å². The van der Waals surface area contributed by atoms with E-state index in [2.05, 4.69) is 26.6 Å². The summed E-state index contributed by atoms with van der Waals surface area (Å²) >= 11 is 10.3. The number of aliphatic hydroxyl groups excluding tert-OH is 3. The molecule has 13 nitrogen and oxygen atoms in total. The van der Waals surface area contributed by atoms with Crippen LogP contribution in [0.3, 0.4) is 0 Å². The van der Waals surface area contributed by atoms with Gasteiger partial charge in [0.2, 0.25) is 5.91 Å². The summed E-state index contributed by atoms with van der Waals surface area (Å²) in [5.74, 6) is -0.419. The maximum atomic E-state index is 11.4. The Hall–Kier alpha value is -2.21. The molecule has 2 unspecified atom stereocenters. The van der Waals surface area contributed by atoms with Crippen molar-refractivity contribution in [3.63, 3.8) is 0 Å². The van der Waals surface area contributed by atoms with Gasteiger partial charge in [0.05, 0.1) is 39.6 Å². The summed E-state index contributed by atoms with van der Waals surface area (Å²) in [6.07, 6.45) is -4.80. The van der Waals surface area contributed by atoms with Gasteiger partial charge >= 0.3 is 0 Å². The molecule has 1 amide bonds. The molecule has 0 saturated carbocycles. The van der Waals surface area contributed by atoms with Gasteiger partial charge in [-0.3, -0.25) is 4.79 Å². The van der Waals surface area contributed by atoms with Crippen LogP contribution in [0.25, 0.3) is 0 Å². The summed E-state index contributed by atoms with van der Waals surface area (Å²) in [4.78, 5) is 11.4. The van der Waals surface area contributed by atoms with Crippen LogP contribution in [-0.2, 0) is 23.7 Å². The predicted molar refractivity (Wildman–Crippen MR) is 149 cm³/mol. The number of rotatable bonds is 14. The molecule has 0 aliphatic carbocycles. The number of benzene rings is 1. The van der Waals surface area contributed by atoms with Gasteiger partial charge in [-0.15, -0.1) is 0 Å². The maximum absolute atomic E-state index is 11.4. The van der Waals surface area contributed by atoms with E-state index in [1.807, 2.05) is 24.3 Å². The highest BCUT2D eigenvalue weighted by Gasteiger charge is 2.45. The Morgan fingerprint density at radius 1 is 0.947 bits per heavy atom. The van der Waals surface area contributed by atoms with Crippen LogP contribution < -0.4 is 26.6 Å². The molecule has 1 fully saturated rings. The molecule has 1 aliphatic rings. The fraction of sp³-hybridized carbons (Fsp3) is 0.609. The first kappa shape index (κ1) is 32.0. The Balaban J connectivity index is 1.54. The summed E-state index contributed by atoms with van der Waals surface area (Å²) in [5, 5.41) is 45.1. The van der Waals surface area contributed by atoms with Crippen molar-refractivity contribution >= 4 is 51.9 Å². The fourth-order valence-electron chi connectivity index (χ4n) is 3.40. The van der Waals surface area contributed by atoms with Gasteiger partial charge in [-0.05, 0) is 48.7 Å². The number of carbonyl (C=O) groups is 1. The van der Waals surface area contributed by atoms with E-state index in [1.165, 1.54) is 6.92 Å².